The standard InChI is InChI=1S/C12H18N2O4/c1-12(2,3)18-11(16)14-7-6-13-10(15)9-5-4-8-17-9/h4-5,8H,6-7H2,1-3H3,(H,13,15)(H,14,16). The van der Waals surface area contributed by atoms with Gasteiger partial charge in [0.15, 0.2) is 5.76 Å². The van der Waals surface area contributed by atoms with Gasteiger partial charge in [0.05, 0.1) is 6.26 Å². The van der Waals surface area contributed by atoms with E-state index in [1.54, 1.807) is 32.9 Å². The lowest BCUT2D eigenvalue weighted by atomic mass is 10.2. The Labute approximate surface area is 106 Å². The molecule has 1 aromatic heterocycles. The second-order valence-corrected chi connectivity index (χ2v) is 4.66. The zero-order valence-electron chi connectivity index (χ0n) is 10.8. The molecule has 1 heterocycles. The highest BCUT2D eigenvalue weighted by atomic mass is 16.6. The molecule has 0 saturated carbocycles. The van der Waals surface area contributed by atoms with Crippen LogP contribution in [0.5, 0.6) is 0 Å². The number of nitrogens with one attached hydrogen (secondary N) is 2. The Morgan fingerprint density at radius 2 is 1.94 bits per heavy atom. The highest BCUT2D eigenvalue weighted by molar-refractivity contribution is 5.91. The molecule has 0 saturated heterocycles. The minimum Gasteiger partial charge on any atom is -0.459 e. The van der Waals surface area contributed by atoms with Gasteiger partial charge >= 0.3 is 6.09 Å². The van der Waals surface area contributed by atoms with Crippen molar-refractivity contribution in [1.82, 2.24) is 10.6 Å². The molecule has 0 atom stereocenters. The van der Waals surface area contributed by atoms with Crippen molar-refractivity contribution >= 4 is 12.0 Å². The fraction of sp³-hybridized carbons (Fsp3) is 0.500. The zero-order chi connectivity index (χ0) is 13.6. The topological polar surface area (TPSA) is 80.6 Å². The van der Waals surface area contributed by atoms with Crippen molar-refractivity contribution in [2.24, 2.45) is 0 Å². The molecule has 0 aliphatic rings. The molecule has 6 nitrogen and oxygen atoms in total. The van der Waals surface area contributed by atoms with E-state index in [2.05, 4.69) is 10.6 Å². The third-order valence-electron chi connectivity index (χ3n) is 1.82. The largest absolute Gasteiger partial charge is 0.459 e. The van der Waals surface area contributed by atoms with Gasteiger partial charge in [-0.15, -0.1) is 0 Å². The minimum absolute atomic E-state index is 0.243. The molecule has 2 N–H and O–H groups in total. The predicted octanol–water partition coefficient (Wildman–Crippen LogP) is 1.53. The first kappa shape index (κ1) is 14.1. The van der Waals surface area contributed by atoms with Crippen molar-refractivity contribution in [1.29, 1.82) is 0 Å². The van der Waals surface area contributed by atoms with Gasteiger partial charge in [0.2, 0.25) is 0 Å². The fourth-order valence-corrected chi connectivity index (χ4v) is 1.15. The maximum atomic E-state index is 11.4. The Kier molecular flexibility index (Phi) is 4.76. The van der Waals surface area contributed by atoms with Gasteiger partial charge in [-0.3, -0.25) is 4.79 Å². The summed E-state index contributed by atoms with van der Waals surface area (Å²) < 4.78 is 9.95. The summed E-state index contributed by atoms with van der Waals surface area (Å²) in [5.74, 6) is -0.0711. The minimum atomic E-state index is -0.526. The van der Waals surface area contributed by atoms with Crippen molar-refractivity contribution in [3.63, 3.8) is 0 Å². The summed E-state index contributed by atoms with van der Waals surface area (Å²) in [5, 5.41) is 5.13. The summed E-state index contributed by atoms with van der Waals surface area (Å²) in [6.45, 7) is 5.95. The van der Waals surface area contributed by atoms with Crippen LogP contribution in [0.2, 0.25) is 0 Å². The molecule has 0 aliphatic carbocycles. The molecule has 2 amide bonds. The first-order valence-electron chi connectivity index (χ1n) is 5.67. The molecular formula is C12H18N2O4. The fourth-order valence-electron chi connectivity index (χ4n) is 1.15. The summed E-state index contributed by atoms with van der Waals surface area (Å²) >= 11 is 0. The zero-order valence-corrected chi connectivity index (χ0v) is 10.8. The van der Waals surface area contributed by atoms with E-state index in [4.69, 9.17) is 9.15 Å². The van der Waals surface area contributed by atoms with Crippen molar-refractivity contribution in [2.75, 3.05) is 13.1 Å². The molecule has 1 rings (SSSR count). The van der Waals surface area contributed by atoms with Crippen LogP contribution >= 0.6 is 0 Å². The first-order valence-corrected chi connectivity index (χ1v) is 5.67. The molecule has 0 fully saturated rings. The monoisotopic (exact) mass is 254 g/mol. The molecule has 0 radical (unpaired) electrons. The summed E-state index contributed by atoms with van der Waals surface area (Å²) in [4.78, 5) is 22.7. The van der Waals surface area contributed by atoms with Crippen LogP contribution in [0.15, 0.2) is 22.8 Å². The van der Waals surface area contributed by atoms with E-state index in [-0.39, 0.29) is 11.7 Å². The van der Waals surface area contributed by atoms with Crippen molar-refractivity contribution in [2.45, 2.75) is 26.4 Å². The van der Waals surface area contributed by atoms with Crippen LogP contribution in [0.4, 0.5) is 4.79 Å². The quantitative estimate of drug-likeness (QED) is 0.798. The predicted molar refractivity (Wildman–Crippen MR) is 65.3 cm³/mol. The summed E-state index contributed by atoms with van der Waals surface area (Å²) in [6.07, 6.45) is 0.920. The van der Waals surface area contributed by atoms with Gasteiger partial charge in [-0.25, -0.2) is 4.79 Å². The van der Waals surface area contributed by atoms with E-state index in [0.717, 1.165) is 0 Å². The van der Waals surface area contributed by atoms with Crippen molar-refractivity contribution < 1.29 is 18.7 Å². The van der Waals surface area contributed by atoms with Gasteiger partial charge in [0, 0.05) is 13.1 Å². The second-order valence-electron chi connectivity index (χ2n) is 4.66. The van der Waals surface area contributed by atoms with Crippen molar-refractivity contribution in [3.05, 3.63) is 24.2 Å². The number of hydrogen-bond donors (Lipinski definition) is 2. The molecule has 0 unspecified atom stereocenters. The molecule has 1 aromatic rings. The number of carbonyl (C=O) groups excluding carboxylic acids is 2. The van der Waals surface area contributed by atoms with E-state index >= 15 is 0 Å². The Hall–Kier alpha value is -1.98. The van der Waals surface area contributed by atoms with Crippen molar-refractivity contribution in [3.8, 4) is 0 Å². The smallest absolute Gasteiger partial charge is 0.407 e. The highest BCUT2D eigenvalue weighted by Crippen LogP contribution is 2.06. The molecule has 0 aliphatic heterocycles. The third kappa shape index (κ3) is 5.38. The second kappa shape index (κ2) is 6.09. The maximum absolute atomic E-state index is 11.4. The average molecular weight is 254 g/mol. The molecule has 6 heteroatoms. The lowest BCUT2D eigenvalue weighted by Gasteiger charge is -2.19. The van der Waals surface area contributed by atoms with Crippen LogP contribution in [0, 0.1) is 0 Å². The van der Waals surface area contributed by atoms with Crippen LogP contribution in [0.1, 0.15) is 31.3 Å². The first-order chi connectivity index (χ1) is 8.38. The number of carbonyl (C=O) groups is 2. The average Bonchev–Trinajstić information content (AvgIpc) is 2.74. The third-order valence-corrected chi connectivity index (χ3v) is 1.82. The summed E-state index contributed by atoms with van der Waals surface area (Å²) in [6, 6.07) is 3.20. The number of hydrogen-bond acceptors (Lipinski definition) is 4. The molecule has 100 valence electrons. The number of amides is 2. The van der Waals surface area contributed by atoms with Gasteiger partial charge in [0.1, 0.15) is 5.60 Å². The van der Waals surface area contributed by atoms with E-state index in [1.165, 1.54) is 6.26 Å². The highest BCUT2D eigenvalue weighted by Gasteiger charge is 2.15. The molecule has 18 heavy (non-hydrogen) atoms. The molecule has 0 aromatic carbocycles. The van der Waals surface area contributed by atoms with Crippen LogP contribution in [-0.4, -0.2) is 30.7 Å². The Morgan fingerprint density at radius 1 is 1.28 bits per heavy atom. The van der Waals surface area contributed by atoms with Crippen LogP contribution in [-0.2, 0) is 4.74 Å². The molecular weight excluding hydrogens is 236 g/mol. The SMILES string of the molecule is CC(C)(C)OC(=O)NCCNC(=O)c1ccco1. The summed E-state index contributed by atoms with van der Waals surface area (Å²) in [5.41, 5.74) is -0.526. The van der Waals surface area contributed by atoms with E-state index in [9.17, 15) is 9.59 Å². The molecule has 0 spiro atoms. The maximum Gasteiger partial charge on any atom is 0.407 e. The molecule has 0 bridgehead atoms. The van der Waals surface area contributed by atoms with Crippen LogP contribution in [0.25, 0.3) is 0 Å². The number of alkyl carbamates (subject to hydrolysis) is 1. The van der Waals surface area contributed by atoms with E-state index < -0.39 is 11.7 Å². The number of rotatable bonds is 4. The van der Waals surface area contributed by atoms with E-state index in [1.807, 2.05) is 0 Å². The Balaban J connectivity index is 2.16. The number of ether oxygens (including phenoxy) is 1. The lowest BCUT2D eigenvalue weighted by molar-refractivity contribution is 0.0526. The van der Waals surface area contributed by atoms with Gasteiger partial charge in [-0.1, -0.05) is 0 Å². The van der Waals surface area contributed by atoms with Crippen LogP contribution in [0.3, 0.4) is 0 Å². The number of furan rings is 1. The lowest BCUT2D eigenvalue weighted by Crippen LogP contribution is -2.37. The Bertz CT molecular complexity index is 393. The normalized spacial score (nSPS) is 10.8. The van der Waals surface area contributed by atoms with Gasteiger partial charge in [0.25, 0.3) is 5.91 Å². The van der Waals surface area contributed by atoms with E-state index in [0.29, 0.717) is 13.1 Å². The van der Waals surface area contributed by atoms with Gasteiger partial charge < -0.3 is 19.8 Å². The van der Waals surface area contributed by atoms with Crippen LogP contribution < -0.4 is 10.6 Å². The van der Waals surface area contributed by atoms with Gasteiger partial charge in [-0.05, 0) is 32.9 Å². The van der Waals surface area contributed by atoms with Gasteiger partial charge in [-0.2, -0.15) is 0 Å². The Morgan fingerprint density at radius 3 is 2.50 bits per heavy atom. The summed E-state index contributed by atoms with van der Waals surface area (Å²) in [7, 11) is 0.